The molecular formula is C17H20N2O2. The minimum atomic E-state index is 0.181. The number of nitrogens with one attached hydrogen (secondary N) is 1. The van der Waals surface area contributed by atoms with E-state index in [1.165, 1.54) is 11.3 Å². The Balaban J connectivity index is 1.82. The first kappa shape index (κ1) is 13.6. The molecule has 1 N–H and O–H groups in total. The number of rotatable bonds is 4. The molecule has 0 bridgehead atoms. The van der Waals surface area contributed by atoms with E-state index in [-0.39, 0.29) is 6.04 Å². The van der Waals surface area contributed by atoms with Crippen molar-refractivity contribution in [3.05, 3.63) is 48.0 Å². The first-order valence-corrected chi connectivity index (χ1v) is 7.07. The van der Waals surface area contributed by atoms with E-state index in [1.54, 1.807) is 0 Å². The van der Waals surface area contributed by atoms with E-state index in [1.807, 2.05) is 38.4 Å². The monoisotopic (exact) mass is 284 g/mol. The summed E-state index contributed by atoms with van der Waals surface area (Å²) in [6.45, 7) is 2.45. The van der Waals surface area contributed by atoms with Crippen LogP contribution in [0, 0.1) is 0 Å². The molecule has 3 rings (SSSR count). The van der Waals surface area contributed by atoms with Gasteiger partial charge in [0.25, 0.3) is 0 Å². The zero-order chi connectivity index (χ0) is 14.8. The molecule has 4 nitrogen and oxygen atoms in total. The predicted molar refractivity (Wildman–Crippen MR) is 85.4 cm³/mol. The lowest BCUT2D eigenvalue weighted by Gasteiger charge is -2.22. The van der Waals surface area contributed by atoms with Crippen molar-refractivity contribution in [1.29, 1.82) is 0 Å². The molecule has 1 heterocycles. The largest absolute Gasteiger partial charge is 0.454 e. The molecule has 4 heteroatoms. The summed E-state index contributed by atoms with van der Waals surface area (Å²) in [5.41, 5.74) is 3.46. The molecule has 0 saturated heterocycles. The highest BCUT2D eigenvalue weighted by molar-refractivity contribution is 5.70. The molecule has 1 atom stereocenters. The SMILES string of the molecule is CC(Nc1ccccc1N(C)C)c1ccc2c(c1)OCO2. The van der Waals surface area contributed by atoms with Crippen molar-refractivity contribution in [1.82, 2.24) is 0 Å². The molecule has 1 aliphatic heterocycles. The zero-order valence-corrected chi connectivity index (χ0v) is 12.6. The van der Waals surface area contributed by atoms with E-state index in [2.05, 4.69) is 35.3 Å². The number of anilines is 2. The van der Waals surface area contributed by atoms with Gasteiger partial charge in [0.2, 0.25) is 6.79 Å². The van der Waals surface area contributed by atoms with Crippen LogP contribution in [-0.2, 0) is 0 Å². The molecule has 0 saturated carbocycles. The number of benzene rings is 2. The average molecular weight is 284 g/mol. The van der Waals surface area contributed by atoms with Gasteiger partial charge < -0.3 is 19.7 Å². The molecule has 0 aliphatic carbocycles. The smallest absolute Gasteiger partial charge is 0.231 e. The van der Waals surface area contributed by atoms with Crippen LogP contribution in [0.5, 0.6) is 11.5 Å². The fourth-order valence-corrected chi connectivity index (χ4v) is 2.48. The molecule has 2 aromatic rings. The summed E-state index contributed by atoms with van der Waals surface area (Å²) >= 11 is 0. The van der Waals surface area contributed by atoms with Crippen LogP contribution in [0.2, 0.25) is 0 Å². The van der Waals surface area contributed by atoms with Crippen molar-refractivity contribution in [3.63, 3.8) is 0 Å². The second-order valence-corrected chi connectivity index (χ2v) is 5.39. The van der Waals surface area contributed by atoms with Gasteiger partial charge in [0.05, 0.1) is 11.4 Å². The highest BCUT2D eigenvalue weighted by Gasteiger charge is 2.16. The van der Waals surface area contributed by atoms with Gasteiger partial charge >= 0.3 is 0 Å². The third-order valence-corrected chi connectivity index (χ3v) is 3.65. The Morgan fingerprint density at radius 2 is 1.81 bits per heavy atom. The summed E-state index contributed by atoms with van der Waals surface area (Å²) in [5.74, 6) is 1.64. The van der Waals surface area contributed by atoms with Crippen LogP contribution in [0.25, 0.3) is 0 Å². The van der Waals surface area contributed by atoms with Crippen LogP contribution in [0.15, 0.2) is 42.5 Å². The van der Waals surface area contributed by atoms with Crippen LogP contribution in [-0.4, -0.2) is 20.9 Å². The van der Waals surface area contributed by atoms with Crippen LogP contribution in [0.3, 0.4) is 0 Å². The van der Waals surface area contributed by atoms with E-state index >= 15 is 0 Å². The quantitative estimate of drug-likeness (QED) is 0.929. The number of hydrogen-bond donors (Lipinski definition) is 1. The van der Waals surface area contributed by atoms with E-state index in [0.29, 0.717) is 6.79 Å². The lowest BCUT2D eigenvalue weighted by Crippen LogP contribution is -2.14. The number of ether oxygens (including phenoxy) is 2. The van der Waals surface area contributed by atoms with Crippen LogP contribution >= 0.6 is 0 Å². The molecule has 2 aromatic carbocycles. The Hall–Kier alpha value is -2.36. The molecule has 0 radical (unpaired) electrons. The van der Waals surface area contributed by atoms with Gasteiger partial charge in [-0.3, -0.25) is 0 Å². The summed E-state index contributed by atoms with van der Waals surface area (Å²) in [5, 5.41) is 3.56. The van der Waals surface area contributed by atoms with Crippen molar-refractivity contribution in [2.75, 3.05) is 31.1 Å². The number of hydrogen-bond acceptors (Lipinski definition) is 4. The van der Waals surface area contributed by atoms with Crippen LogP contribution < -0.4 is 19.7 Å². The van der Waals surface area contributed by atoms with E-state index in [9.17, 15) is 0 Å². The maximum Gasteiger partial charge on any atom is 0.231 e. The lowest BCUT2D eigenvalue weighted by atomic mass is 10.1. The van der Waals surface area contributed by atoms with E-state index < -0.39 is 0 Å². The highest BCUT2D eigenvalue weighted by Crippen LogP contribution is 2.35. The zero-order valence-electron chi connectivity index (χ0n) is 12.6. The highest BCUT2D eigenvalue weighted by atomic mass is 16.7. The third kappa shape index (κ3) is 2.75. The summed E-state index contributed by atoms with van der Waals surface area (Å²) in [7, 11) is 4.09. The summed E-state index contributed by atoms with van der Waals surface area (Å²) in [4.78, 5) is 2.11. The first-order valence-electron chi connectivity index (χ1n) is 7.07. The average Bonchev–Trinajstić information content (AvgIpc) is 2.94. The van der Waals surface area contributed by atoms with Crippen LogP contribution in [0.1, 0.15) is 18.5 Å². The Bertz CT molecular complexity index is 640. The fourth-order valence-electron chi connectivity index (χ4n) is 2.48. The van der Waals surface area contributed by atoms with E-state index in [0.717, 1.165) is 17.2 Å². The standard InChI is InChI=1S/C17H20N2O2/c1-12(13-8-9-16-17(10-13)21-11-20-16)18-14-6-4-5-7-15(14)19(2)3/h4-10,12,18H,11H2,1-3H3. The minimum Gasteiger partial charge on any atom is -0.454 e. The Labute approximate surface area is 125 Å². The summed E-state index contributed by atoms with van der Waals surface area (Å²) < 4.78 is 10.8. The molecule has 1 unspecified atom stereocenters. The van der Waals surface area contributed by atoms with Gasteiger partial charge in [-0.25, -0.2) is 0 Å². The molecule has 0 amide bonds. The maximum absolute atomic E-state index is 5.44. The topological polar surface area (TPSA) is 33.7 Å². The van der Waals surface area contributed by atoms with Crippen molar-refractivity contribution in [3.8, 4) is 11.5 Å². The number of fused-ring (bicyclic) bond motifs is 1. The van der Waals surface area contributed by atoms with E-state index in [4.69, 9.17) is 9.47 Å². The molecule has 21 heavy (non-hydrogen) atoms. The van der Waals surface area contributed by atoms with Gasteiger partial charge in [-0.1, -0.05) is 18.2 Å². The van der Waals surface area contributed by atoms with Gasteiger partial charge in [0, 0.05) is 20.1 Å². The van der Waals surface area contributed by atoms with Gasteiger partial charge in [-0.15, -0.1) is 0 Å². The lowest BCUT2D eigenvalue weighted by molar-refractivity contribution is 0.174. The van der Waals surface area contributed by atoms with Crippen molar-refractivity contribution in [2.45, 2.75) is 13.0 Å². The summed E-state index contributed by atoms with van der Waals surface area (Å²) in [6.07, 6.45) is 0. The fraction of sp³-hybridized carbons (Fsp3) is 0.294. The van der Waals surface area contributed by atoms with Crippen molar-refractivity contribution >= 4 is 11.4 Å². The number of para-hydroxylation sites is 2. The summed E-state index contributed by atoms with van der Waals surface area (Å²) in [6, 6.07) is 14.6. The van der Waals surface area contributed by atoms with Crippen molar-refractivity contribution in [2.24, 2.45) is 0 Å². The minimum absolute atomic E-state index is 0.181. The maximum atomic E-state index is 5.44. The first-order chi connectivity index (χ1) is 10.1. The second kappa shape index (κ2) is 5.56. The van der Waals surface area contributed by atoms with Crippen molar-refractivity contribution < 1.29 is 9.47 Å². The third-order valence-electron chi connectivity index (χ3n) is 3.65. The number of nitrogens with zero attached hydrogens (tertiary/aromatic N) is 1. The molecule has 0 spiro atoms. The van der Waals surface area contributed by atoms with Gasteiger partial charge in [-0.2, -0.15) is 0 Å². The predicted octanol–water partition coefficient (Wildman–Crippen LogP) is 3.65. The van der Waals surface area contributed by atoms with Gasteiger partial charge in [-0.05, 0) is 36.8 Å². The Morgan fingerprint density at radius 3 is 2.62 bits per heavy atom. The second-order valence-electron chi connectivity index (χ2n) is 5.39. The van der Waals surface area contributed by atoms with Crippen LogP contribution in [0.4, 0.5) is 11.4 Å². The molecule has 110 valence electrons. The molecule has 0 aromatic heterocycles. The van der Waals surface area contributed by atoms with Gasteiger partial charge in [0.15, 0.2) is 11.5 Å². The molecule has 0 fully saturated rings. The molecule has 1 aliphatic rings. The normalized spacial score (nSPS) is 13.9. The van der Waals surface area contributed by atoms with Gasteiger partial charge in [0.1, 0.15) is 0 Å². The Morgan fingerprint density at radius 1 is 1.05 bits per heavy atom. The Kier molecular flexibility index (Phi) is 3.60. The molecular weight excluding hydrogens is 264 g/mol.